The molecule has 0 radical (unpaired) electrons. The fourth-order valence-electron chi connectivity index (χ4n) is 2.82. The van der Waals surface area contributed by atoms with Crippen molar-refractivity contribution in [2.45, 2.75) is 39.7 Å². The lowest BCUT2D eigenvalue weighted by Gasteiger charge is -2.41. The molecule has 1 heterocycles. The number of piperidine rings is 1. The molecule has 3 nitrogen and oxygen atoms in total. The minimum atomic E-state index is 0.743. The number of likely N-dealkylation sites (tertiary alicyclic amines) is 1. The minimum Gasteiger partial charge on any atom is -0.385 e. The highest BCUT2D eigenvalue weighted by molar-refractivity contribution is 4.82. The van der Waals surface area contributed by atoms with Gasteiger partial charge in [0.2, 0.25) is 0 Å². The molecule has 0 aliphatic carbocycles. The van der Waals surface area contributed by atoms with Gasteiger partial charge in [0.25, 0.3) is 0 Å². The van der Waals surface area contributed by atoms with Gasteiger partial charge in [-0.2, -0.15) is 0 Å². The lowest BCUT2D eigenvalue weighted by molar-refractivity contribution is 0.0806. The molecule has 3 unspecified atom stereocenters. The first-order valence-electron chi connectivity index (χ1n) is 7.08. The Labute approximate surface area is 107 Å². The molecule has 1 saturated heterocycles. The van der Waals surface area contributed by atoms with Gasteiger partial charge in [0.05, 0.1) is 0 Å². The van der Waals surface area contributed by atoms with E-state index in [0.29, 0.717) is 0 Å². The zero-order chi connectivity index (χ0) is 12.7. The maximum Gasteiger partial charge on any atom is 0.0474 e. The molecular weight excluding hydrogens is 212 g/mol. The Kier molecular flexibility index (Phi) is 7.09. The summed E-state index contributed by atoms with van der Waals surface area (Å²) in [5.41, 5.74) is 0. The monoisotopic (exact) mass is 242 g/mol. The van der Waals surface area contributed by atoms with E-state index in [1.165, 1.54) is 19.5 Å². The number of nitrogens with zero attached hydrogens (tertiary/aromatic N) is 1. The molecule has 1 aliphatic rings. The summed E-state index contributed by atoms with van der Waals surface area (Å²) in [6.45, 7) is 12.6. The molecular formula is C14H30N2O. The summed E-state index contributed by atoms with van der Waals surface area (Å²) < 4.78 is 5.03. The molecule has 17 heavy (non-hydrogen) atoms. The predicted molar refractivity (Wildman–Crippen MR) is 73.3 cm³/mol. The van der Waals surface area contributed by atoms with Crippen LogP contribution in [0, 0.1) is 11.8 Å². The van der Waals surface area contributed by atoms with E-state index in [1.54, 1.807) is 7.11 Å². The Bertz CT molecular complexity index is 199. The summed E-state index contributed by atoms with van der Waals surface area (Å²) in [5.74, 6) is 1.70. The first kappa shape index (κ1) is 14.9. The summed E-state index contributed by atoms with van der Waals surface area (Å²) in [7, 11) is 1.76. The van der Waals surface area contributed by atoms with E-state index in [2.05, 4.69) is 31.0 Å². The number of nitrogens with one attached hydrogen (secondary N) is 1. The van der Waals surface area contributed by atoms with Crippen LogP contribution in [0.4, 0.5) is 0 Å². The largest absolute Gasteiger partial charge is 0.385 e. The topological polar surface area (TPSA) is 24.5 Å². The molecule has 102 valence electrons. The van der Waals surface area contributed by atoms with E-state index in [4.69, 9.17) is 4.74 Å². The Balaban J connectivity index is 2.12. The van der Waals surface area contributed by atoms with E-state index < -0.39 is 0 Å². The summed E-state index contributed by atoms with van der Waals surface area (Å²) in [6, 6.07) is 0.743. The van der Waals surface area contributed by atoms with E-state index in [0.717, 1.165) is 44.0 Å². The van der Waals surface area contributed by atoms with Crippen LogP contribution in [0.25, 0.3) is 0 Å². The highest BCUT2D eigenvalue weighted by Gasteiger charge is 2.27. The SMILES string of the molecule is COCCCNCCN1CC(C)CC(C)C1C. The van der Waals surface area contributed by atoms with E-state index >= 15 is 0 Å². The maximum atomic E-state index is 5.03. The molecule has 0 saturated carbocycles. The fourth-order valence-corrected chi connectivity index (χ4v) is 2.82. The maximum absolute atomic E-state index is 5.03. The van der Waals surface area contributed by atoms with E-state index in [9.17, 15) is 0 Å². The zero-order valence-electron chi connectivity index (χ0n) is 12.0. The number of hydrogen-bond acceptors (Lipinski definition) is 3. The Morgan fingerprint density at radius 1 is 1.24 bits per heavy atom. The molecule has 1 rings (SSSR count). The van der Waals surface area contributed by atoms with Crippen molar-refractivity contribution in [3.05, 3.63) is 0 Å². The third kappa shape index (κ3) is 5.36. The summed E-state index contributed by atoms with van der Waals surface area (Å²) in [6.07, 6.45) is 2.50. The van der Waals surface area contributed by atoms with Crippen molar-refractivity contribution >= 4 is 0 Å². The van der Waals surface area contributed by atoms with E-state index in [1.807, 2.05) is 0 Å². The second kappa shape index (κ2) is 8.06. The van der Waals surface area contributed by atoms with Crippen LogP contribution in [0.2, 0.25) is 0 Å². The van der Waals surface area contributed by atoms with Crippen molar-refractivity contribution in [2.24, 2.45) is 11.8 Å². The van der Waals surface area contributed by atoms with Gasteiger partial charge in [0.15, 0.2) is 0 Å². The molecule has 1 N–H and O–H groups in total. The van der Waals surface area contributed by atoms with Crippen LogP contribution in [0.3, 0.4) is 0 Å². The predicted octanol–water partition coefficient (Wildman–Crippen LogP) is 1.98. The summed E-state index contributed by atoms with van der Waals surface area (Å²) in [5, 5.41) is 3.50. The number of rotatable bonds is 7. The smallest absolute Gasteiger partial charge is 0.0474 e. The highest BCUT2D eigenvalue weighted by atomic mass is 16.5. The van der Waals surface area contributed by atoms with Crippen molar-refractivity contribution in [3.63, 3.8) is 0 Å². The van der Waals surface area contributed by atoms with Crippen LogP contribution in [0.15, 0.2) is 0 Å². The van der Waals surface area contributed by atoms with Crippen LogP contribution in [-0.4, -0.2) is 50.8 Å². The lowest BCUT2D eigenvalue weighted by atomic mass is 9.86. The number of hydrogen-bond donors (Lipinski definition) is 1. The van der Waals surface area contributed by atoms with Crippen LogP contribution in [0.5, 0.6) is 0 Å². The van der Waals surface area contributed by atoms with Gasteiger partial charge >= 0.3 is 0 Å². The normalized spacial score (nSPS) is 30.7. The Hall–Kier alpha value is -0.120. The number of methoxy groups -OCH3 is 1. The molecule has 0 bridgehead atoms. The summed E-state index contributed by atoms with van der Waals surface area (Å²) in [4.78, 5) is 2.64. The van der Waals surface area contributed by atoms with Gasteiger partial charge in [0.1, 0.15) is 0 Å². The number of ether oxygens (including phenoxy) is 1. The van der Waals surface area contributed by atoms with Crippen molar-refractivity contribution < 1.29 is 4.74 Å². The van der Waals surface area contributed by atoms with Gasteiger partial charge in [-0.15, -0.1) is 0 Å². The van der Waals surface area contributed by atoms with Gasteiger partial charge in [0, 0.05) is 39.4 Å². The third-order valence-corrected chi connectivity index (χ3v) is 4.00. The van der Waals surface area contributed by atoms with Gasteiger partial charge in [-0.3, -0.25) is 4.90 Å². The molecule has 1 fully saturated rings. The second-order valence-electron chi connectivity index (χ2n) is 5.65. The highest BCUT2D eigenvalue weighted by Crippen LogP contribution is 2.26. The van der Waals surface area contributed by atoms with Gasteiger partial charge < -0.3 is 10.1 Å². The lowest BCUT2D eigenvalue weighted by Crippen LogP contribution is -2.48. The van der Waals surface area contributed by atoms with Gasteiger partial charge in [-0.25, -0.2) is 0 Å². The molecule has 0 aromatic carbocycles. The minimum absolute atomic E-state index is 0.743. The zero-order valence-corrected chi connectivity index (χ0v) is 12.0. The Morgan fingerprint density at radius 3 is 2.71 bits per heavy atom. The standard InChI is InChI=1S/C14H30N2O/c1-12-10-13(2)14(3)16(11-12)8-7-15-6-5-9-17-4/h12-15H,5-11H2,1-4H3. The Morgan fingerprint density at radius 2 is 2.00 bits per heavy atom. The molecule has 0 aromatic rings. The first-order chi connectivity index (χ1) is 8.15. The fraction of sp³-hybridized carbons (Fsp3) is 1.00. The van der Waals surface area contributed by atoms with Crippen molar-refractivity contribution in [3.8, 4) is 0 Å². The molecule has 0 aromatic heterocycles. The third-order valence-electron chi connectivity index (χ3n) is 4.00. The van der Waals surface area contributed by atoms with Crippen LogP contribution < -0.4 is 5.32 Å². The van der Waals surface area contributed by atoms with Crippen LogP contribution >= 0.6 is 0 Å². The second-order valence-corrected chi connectivity index (χ2v) is 5.65. The molecule has 0 spiro atoms. The van der Waals surface area contributed by atoms with Crippen molar-refractivity contribution in [1.29, 1.82) is 0 Å². The molecule has 1 aliphatic heterocycles. The van der Waals surface area contributed by atoms with Crippen molar-refractivity contribution in [1.82, 2.24) is 10.2 Å². The van der Waals surface area contributed by atoms with Gasteiger partial charge in [-0.1, -0.05) is 13.8 Å². The average Bonchev–Trinajstić information content (AvgIpc) is 2.29. The van der Waals surface area contributed by atoms with Crippen molar-refractivity contribution in [2.75, 3.05) is 39.9 Å². The molecule has 3 atom stereocenters. The van der Waals surface area contributed by atoms with Crippen LogP contribution in [0.1, 0.15) is 33.6 Å². The van der Waals surface area contributed by atoms with E-state index in [-0.39, 0.29) is 0 Å². The average molecular weight is 242 g/mol. The quantitative estimate of drug-likeness (QED) is 0.691. The van der Waals surface area contributed by atoms with Gasteiger partial charge in [-0.05, 0) is 38.1 Å². The van der Waals surface area contributed by atoms with Crippen LogP contribution in [-0.2, 0) is 4.74 Å². The molecule has 3 heteroatoms. The molecule has 0 amide bonds. The summed E-state index contributed by atoms with van der Waals surface area (Å²) >= 11 is 0. The first-order valence-corrected chi connectivity index (χ1v) is 7.08.